The third kappa shape index (κ3) is 2.63. The lowest BCUT2D eigenvalue weighted by Gasteiger charge is -2.33. The Hall–Kier alpha value is -1.61. The van der Waals surface area contributed by atoms with Gasteiger partial charge in [-0.15, -0.1) is 0 Å². The maximum Gasteiger partial charge on any atom is 0.120 e. The first kappa shape index (κ1) is 13.4. The van der Waals surface area contributed by atoms with Crippen LogP contribution in [-0.4, -0.2) is 16.6 Å². The third-order valence-electron chi connectivity index (χ3n) is 3.79. The second kappa shape index (κ2) is 4.74. The van der Waals surface area contributed by atoms with E-state index in [-0.39, 0.29) is 5.60 Å². The highest BCUT2D eigenvalue weighted by molar-refractivity contribution is 5.84. The van der Waals surface area contributed by atoms with Crippen LogP contribution < -0.4 is 10.5 Å². The summed E-state index contributed by atoms with van der Waals surface area (Å²) in [5, 5.41) is 1.20. The summed E-state index contributed by atoms with van der Waals surface area (Å²) in [6, 6.07) is 8.64. The van der Waals surface area contributed by atoms with Gasteiger partial charge in [-0.1, -0.05) is 0 Å². The van der Waals surface area contributed by atoms with Gasteiger partial charge in [0.2, 0.25) is 0 Å². The number of benzene rings is 1. The number of hydrogen-bond acceptors (Lipinski definition) is 3. The highest BCUT2D eigenvalue weighted by Gasteiger charge is 2.28. The normalized spacial score (nSPS) is 22.6. The van der Waals surface area contributed by atoms with Gasteiger partial charge in [-0.2, -0.15) is 0 Å². The Bertz CT molecular complexity index is 624. The fraction of sp³-hybridized carbons (Fsp3) is 0.471. The van der Waals surface area contributed by atoms with Crippen LogP contribution in [0.2, 0.25) is 0 Å². The summed E-state index contributed by atoms with van der Waals surface area (Å²) in [6.45, 7) is 6.19. The molecule has 1 heterocycles. The maximum atomic E-state index is 5.96. The molecule has 0 radical (unpaired) electrons. The molecule has 1 saturated carbocycles. The zero-order valence-corrected chi connectivity index (χ0v) is 12.4. The van der Waals surface area contributed by atoms with Crippen molar-refractivity contribution in [1.82, 2.24) is 4.98 Å². The van der Waals surface area contributed by atoms with Gasteiger partial charge in [-0.3, -0.25) is 4.98 Å². The molecular formula is C17H22N2O. The average Bonchev–Trinajstić information content (AvgIpc) is 2.32. The molecule has 1 aromatic carbocycles. The molecule has 1 aliphatic carbocycles. The predicted octanol–water partition coefficient (Wildman–Crippen LogP) is 3.62. The largest absolute Gasteiger partial charge is 0.488 e. The first-order valence-electron chi connectivity index (χ1n) is 7.26. The van der Waals surface area contributed by atoms with Gasteiger partial charge in [0.05, 0.1) is 5.52 Å². The molecule has 0 bridgehead atoms. The number of rotatable bonds is 2. The number of pyridine rings is 1. The molecule has 0 aliphatic heterocycles. The summed E-state index contributed by atoms with van der Waals surface area (Å²) < 4.78 is 5.96. The topological polar surface area (TPSA) is 48.1 Å². The molecule has 0 amide bonds. The average molecular weight is 270 g/mol. The molecule has 0 spiro atoms. The molecule has 20 heavy (non-hydrogen) atoms. The van der Waals surface area contributed by atoms with Crippen LogP contribution in [0, 0.1) is 0 Å². The Balaban J connectivity index is 2.00. The third-order valence-corrected chi connectivity index (χ3v) is 3.79. The first-order chi connectivity index (χ1) is 9.42. The molecule has 1 aliphatic rings. The summed E-state index contributed by atoms with van der Waals surface area (Å²) >= 11 is 0. The molecule has 3 heteroatoms. The maximum absolute atomic E-state index is 5.96. The molecule has 0 unspecified atom stereocenters. The van der Waals surface area contributed by atoms with E-state index in [1.54, 1.807) is 0 Å². The van der Waals surface area contributed by atoms with E-state index in [0.717, 1.165) is 24.1 Å². The molecule has 3 nitrogen and oxygen atoms in total. The van der Waals surface area contributed by atoms with E-state index < -0.39 is 0 Å². The van der Waals surface area contributed by atoms with Crippen LogP contribution in [0.4, 0.5) is 0 Å². The van der Waals surface area contributed by atoms with Crippen molar-refractivity contribution in [2.45, 2.75) is 51.2 Å². The second-order valence-electron chi connectivity index (χ2n) is 6.72. The quantitative estimate of drug-likeness (QED) is 0.906. The number of fused-ring (bicyclic) bond motifs is 1. The summed E-state index contributed by atoms with van der Waals surface area (Å²) in [4.78, 5) is 4.45. The van der Waals surface area contributed by atoms with Gasteiger partial charge in [0, 0.05) is 17.6 Å². The Labute approximate surface area is 120 Å². The smallest absolute Gasteiger partial charge is 0.120 e. The Morgan fingerprint density at radius 3 is 2.60 bits per heavy atom. The zero-order valence-electron chi connectivity index (χ0n) is 12.4. The van der Waals surface area contributed by atoms with Gasteiger partial charge >= 0.3 is 0 Å². The lowest BCUT2D eigenvalue weighted by Crippen LogP contribution is -2.34. The van der Waals surface area contributed by atoms with Gasteiger partial charge in [-0.25, -0.2) is 0 Å². The van der Waals surface area contributed by atoms with E-state index in [1.165, 1.54) is 10.9 Å². The van der Waals surface area contributed by atoms with Crippen LogP contribution in [-0.2, 0) is 0 Å². The number of nitrogens with zero attached hydrogens (tertiary/aromatic N) is 1. The van der Waals surface area contributed by atoms with Crippen molar-refractivity contribution in [2.24, 2.45) is 5.73 Å². The van der Waals surface area contributed by atoms with Crippen molar-refractivity contribution in [3.05, 3.63) is 36.0 Å². The van der Waals surface area contributed by atoms with Crippen molar-refractivity contribution in [1.29, 1.82) is 0 Å². The number of aromatic nitrogens is 1. The predicted molar refractivity (Wildman–Crippen MR) is 82.1 cm³/mol. The first-order valence-corrected chi connectivity index (χ1v) is 7.26. The zero-order chi connectivity index (χ0) is 14.3. The standard InChI is InChI=1S/C17H22N2O/c1-17(2,3)20-13-4-5-16-15(10-13)14(6-7-19-16)11-8-12(18)9-11/h4-7,10-12H,8-9,18H2,1-3H3. The molecule has 0 saturated heterocycles. The molecule has 2 N–H and O–H groups in total. The van der Waals surface area contributed by atoms with E-state index in [0.29, 0.717) is 12.0 Å². The number of hydrogen-bond donors (Lipinski definition) is 1. The molecular weight excluding hydrogens is 248 g/mol. The SMILES string of the molecule is CC(C)(C)Oc1ccc2nccc(C3CC(N)C3)c2c1. The molecule has 106 valence electrons. The highest BCUT2D eigenvalue weighted by atomic mass is 16.5. The van der Waals surface area contributed by atoms with E-state index in [1.807, 2.05) is 18.3 Å². The highest BCUT2D eigenvalue weighted by Crippen LogP contribution is 2.39. The fourth-order valence-corrected chi connectivity index (χ4v) is 2.84. The molecule has 3 rings (SSSR count). The van der Waals surface area contributed by atoms with Crippen LogP contribution in [0.25, 0.3) is 10.9 Å². The van der Waals surface area contributed by atoms with Gasteiger partial charge in [0.25, 0.3) is 0 Å². The molecule has 2 aromatic rings. The van der Waals surface area contributed by atoms with Gasteiger partial charge < -0.3 is 10.5 Å². The Morgan fingerprint density at radius 1 is 1.20 bits per heavy atom. The van der Waals surface area contributed by atoms with Crippen molar-refractivity contribution in [3.8, 4) is 5.75 Å². The van der Waals surface area contributed by atoms with Crippen molar-refractivity contribution in [3.63, 3.8) is 0 Å². The minimum absolute atomic E-state index is 0.186. The number of ether oxygens (including phenoxy) is 1. The van der Waals surface area contributed by atoms with E-state index in [4.69, 9.17) is 10.5 Å². The van der Waals surface area contributed by atoms with E-state index >= 15 is 0 Å². The van der Waals surface area contributed by atoms with Crippen LogP contribution in [0.5, 0.6) is 5.75 Å². The van der Waals surface area contributed by atoms with Gasteiger partial charge in [0.15, 0.2) is 0 Å². The lowest BCUT2D eigenvalue weighted by molar-refractivity contribution is 0.131. The van der Waals surface area contributed by atoms with Crippen molar-refractivity contribution < 1.29 is 4.74 Å². The van der Waals surface area contributed by atoms with E-state index in [2.05, 4.69) is 37.9 Å². The minimum Gasteiger partial charge on any atom is -0.488 e. The van der Waals surface area contributed by atoms with E-state index in [9.17, 15) is 0 Å². The number of nitrogens with two attached hydrogens (primary N) is 1. The summed E-state index contributed by atoms with van der Waals surface area (Å²) in [6.07, 6.45) is 4.04. The van der Waals surface area contributed by atoms with Crippen molar-refractivity contribution in [2.75, 3.05) is 0 Å². The summed E-state index contributed by atoms with van der Waals surface area (Å²) in [7, 11) is 0. The van der Waals surface area contributed by atoms with Crippen LogP contribution in [0.15, 0.2) is 30.5 Å². The Morgan fingerprint density at radius 2 is 1.95 bits per heavy atom. The van der Waals surface area contributed by atoms with Gasteiger partial charge in [0.1, 0.15) is 11.4 Å². The monoisotopic (exact) mass is 270 g/mol. The van der Waals surface area contributed by atoms with Crippen LogP contribution in [0.3, 0.4) is 0 Å². The fourth-order valence-electron chi connectivity index (χ4n) is 2.84. The van der Waals surface area contributed by atoms with Crippen molar-refractivity contribution >= 4 is 10.9 Å². The molecule has 1 fully saturated rings. The molecule has 1 aromatic heterocycles. The van der Waals surface area contributed by atoms with Gasteiger partial charge in [-0.05, 0) is 69.4 Å². The molecule has 0 atom stereocenters. The van der Waals surface area contributed by atoms with Crippen LogP contribution in [0.1, 0.15) is 45.1 Å². The van der Waals surface area contributed by atoms with Crippen LogP contribution >= 0.6 is 0 Å². The minimum atomic E-state index is -0.186. The lowest BCUT2D eigenvalue weighted by atomic mass is 9.75. The summed E-state index contributed by atoms with van der Waals surface area (Å²) in [5.41, 5.74) is 8.13. The second-order valence-corrected chi connectivity index (χ2v) is 6.72. The summed E-state index contributed by atoms with van der Waals surface area (Å²) in [5.74, 6) is 1.48. The Kier molecular flexibility index (Phi) is 3.17.